The van der Waals surface area contributed by atoms with Gasteiger partial charge in [-0.2, -0.15) is 0 Å². The Morgan fingerprint density at radius 1 is 1.08 bits per heavy atom. The highest BCUT2D eigenvalue weighted by Gasteiger charge is 2.33. The zero-order valence-corrected chi connectivity index (χ0v) is 21.9. The van der Waals surface area contributed by atoms with Gasteiger partial charge in [0.1, 0.15) is 6.61 Å². The number of hydrogen-bond donors (Lipinski definition) is 0. The van der Waals surface area contributed by atoms with Crippen molar-refractivity contribution < 1.29 is 23.8 Å². The minimum absolute atomic E-state index is 0.265. The Morgan fingerprint density at radius 2 is 1.86 bits per heavy atom. The van der Waals surface area contributed by atoms with Crippen molar-refractivity contribution in [1.29, 1.82) is 0 Å². The van der Waals surface area contributed by atoms with E-state index >= 15 is 0 Å². The Morgan fingerprint density at radius 3 is 2.58 bits per heavy atom. The van der Waals surface area contributed by atoms with Crippen LogP contribution < -0.4 is 14.4 Å². The van der Waals surface area contributed by atoms with Gasteiger partial charge in [-0.15, -0.1) is 0 Å². The molecule has 0 bridgehead atoms. The van der Waals surface area contributed by atoms with Crippen LogP contribution in [-0.2, 0) is 16.1 Å². The molecule has 184 valence electrons. The highest BCUT2D eigenvalue weighted by atomic mass is 35.5. The van der Waals surface area contributed by atoms with Gasteiger partial charge in [0.25, 0.3) is 5.91 Å². The fourth-order valence-electron chi connectivity index (χ4n) is 3.46. The number of rotatable bonds is 8. The maximum Gasteiger partial charge on any atom is 0.338 e. The summed E-state index contributed by atoms with van der Waals surface area (Å²) in [5.74, 6) is 0.391. The Hall–Kier alpha value is -3.33. The average Bonchev–Trinajstić information content (AvgIpc) is 3.16. The fraction of sp³-hybridized carbons (Fsp3) is 0.148. The van der Waals surface area contributed by atoms with Gasteiger partial charge < -0.3 is 14.2 Å². The summed E-state index contributed by atoms with van der Waals surface area (Å²) in [7, 11) is 1.56. The van der Waals surface area contributed by atoms with Gasteiger partial charge in [-0.1, -0.05) is 59.8 Å². The van der Waals surface area contributed by atoms with E-state index in [1.54, 1.807) is 56.5 Å². The van der Waals surface area contributed by atoms with Crippen LogP contribution in [0.25, 0.3) is 6.08 Å². The third kappa shape index (κ3) is 5.90. The highest BCUT2D eigenvalue weighted by Crippen LogP contribution is 2.37. The number of ether oxygens (including phenoxy) is 3. The van der Waals surface area contributed by atoms with E-state index in [0.717, 1.165) is 11.1 Å². The van der Waals surface area contributed by atoms with Crippen LogP contribution in [0.1, 0.15) is 28.4 Å². The molecule has 3 aromatic rings. The summed E-state index contributed by atoms with van der Waals surface area (Å²) in [6.07, 6.45) is 1.75. The predicted octanol–water partition coefficient (Wildman–Crippen LogP) is 6.51. The minimum Gasteiger partial charge on any atom is -0.493 e. The van der Waals surface area contributed by atoms with Gasteiger partial charge in [-0.25, -0.2) is 4.79 Å². The van der Waals surface area contributed by atoms with E-state index in [0.29, 0.717) is 43.6 Å². The molecule has 36 heavy (non-hydrogen) atoms. The van der Waals surface area contributed by atoms with Gasteiger partial charge in [0.15, 0.2) is 15.8 Å². The molecule has 0 atom stereocenters. The zero-order chi connectivity index (χ0) is 25.7. The first-order chi connectivity index (χ1) is 17.4. The summed E-state index contributed by atoms with van der Waals surface area (Å²) in [5.41, 5.74) is 2.59. The van der Waals surface area contributed by atoms with Gasteiger partial charge in [0.05, 0.1) is 29.9 Å². The highest BCUT2D eigenvalue weighted by molar-refractivity contribution is 8.27. The molecule has 1 heterocycles. The summed E-state index contributed by atoms with van der Waals surface area (Å²) >= 11 is 12.6. The molecule has 4 rings (SSSR count). The number of benzene rings is 3. The van der Waals surface area contributed by atoms with E-state index in [1.165, 1.54) is 16.7 Å². The van der Waals surface area contributed by atoms with E-state index in [-0.39, 0.29) is 12.5 Å². The lowest BCUT2D eigenvalue weighted by molar-refractivity contribution is -0.113. The fourth-order valence-corrected chi connectivity index (χ4v) is 4.89. The zero-order valence-electron chi connectivity index (χ0n) is 19.5. The molecule has 0 aliphatic carbocycles. The minimum atomic E-state index is -0.453. The quantitative estimate of drug-likeness (QED) is 0.184. The number of methoxy groups -OCH3 is 1. The lowest BCUT2D eigenvalue weighted by Crippen LogP contribution is -2.27. The smallest absolute Gasteiger partial charge is 0.338 e. The monoisotopic (exact) mass is 539 g/mol. The molecule has 6 nitrogen and oxygen atoms in total. The van der Waals surface area contributed by atoms with Crippen LogP contribution in [0, 0.1) is 0 Å². The number of thioether (sulfide) groups is 1. The molecule has 1 aliphatic rings. The number of amides is 1. The number of carbonyl (C=O) groups excluding carboxylic acids is 2. The van der Waals surface area contributed by atoms with Crippen LogP contribution in [0.3, 0.4) is 0 Å². The number of halogens is 1. The second-order valence-corrected chi connectivity index (χ2v) is 9.73. The molecule has 1 aliphatic heterocycles. The summed E-state index contributed by atoms with van der Waals surface area (Å²) in [5, 5.41) is 0.665. The van der Waals surface area contributed by atoms with Crippen LogP contribution in [0.2, 0.25) is 5.02 Å². The third-order valence-electron chi connectivity index (χ3n) is 5.20. The second-order valence-electron chi connectivity index (χ2n) is 7.61. The summed E-state index contributed by atoms with van der Waals surface area (Å²) in [6.45, 7) is 2.36. The lowest BCUT2D eigenvalue weighted by Gasteiger charge is -2.15. The van der Waals surface area contributed by atoms with E-state index < -0.39 is 5.97 Å². The molecule has 1 fully saturated rings. The van der Waals surface area contributed by atoms with Gasteiger partial charge >= 0.3 is 5.97 Å². The Kier molecular flexibility index (Phi) is 8.30. The first-order valence-corrected chi connectivity index (χ1v) is 12.6. The maximum atomic E-state index is 13.2. The number of carbonyl (C=O) groups is 2. The molecule has 9 heteroatoms. The van der Waals surface area contributed by atoms with Crippen molar-refractivity contribution in [2.75, 3.05) is 18.6 Å². The molecule has 1 amide bonds. The Labute approximate surface area is 223 Å². The lowest BCUT2D eigenvalue weighted by atomic mass is 10.1. The molecular formula is C27H22ClNO5S2. The molecule has 0 spiro atoms. The molecule has 0 radical (unpaired) electrons. The molecular weight excluding hydrogens is 518 g/mol. The molecule has 0 aromatic heterocycles. The standard InChI is InChI=1S/C27H22ClNO5S2/c1-3-33-26(31)19-5-4-6-21(15-19)29-25(30)24(36-27(29)35)14-18-9-12-22(23(13-18)32-2)34-16-17-7-10-20(28)11-8-17/h4-15H,3,16H2,1-2H3/b24-14-. The molecule has 1 saturated heterocycles. The van der Waals surface area contributed by atoms with Crippen molar-refractivity contribution >= 4 is 63.5 Å². The van der Waals surface area contributed by atoms with Gasteiger partial charge in [-0.3, -0.25) is 9.69 Å². The molecule has 0 unspecified atom stereocenters. The Balaban J connectivity index is 1.52. The molecule has 0 N–H and O–H groups in total. The number of hydrogen-bond acceptors (Lipinski definition) is 7. The largest absolute Gasteiger partial charge is 0.493 e. The van der Waals surface area contributed by atoms with Crippen molar-refractivity contribution in [2.24, 2.45) is 0 Å². The van der Waals surface area contributed by atoms with Crippen molar-refractivity contribution in [3.63, 3.8) is 0 Å². The van der Waals surface area contributed by atoms with Gasteiger partial charge in [0.2, 0.25) is 0 Å². The van der Waals surface area contributed by atoms with Crippen LogP contribution >= 0.6 is 35.6 Å². The normalized spacial score (nSPS) is 14.3. The average molecular weight is 540 g/mol. The Bertz CT molecular complexity index is 1340. The van der Waals surface area contributed by atoms with Crippen molar-refractivity contribution in [2.45, 2.75) is 13.5 Å². The molecule has 0 saturated carbocycles. The van der Waals surface area contributed by atoms with Gasteiger partial charge in [-0.05, 0) is 66.6 Å². The van der Waals surface area contributed by atoms with E-state index in [9.17, 15) is 9.59 Å². The van der Waals surface area contributed by atoms with E-state index in [1.807, 2.05) is 30.3 Å². The topological polar surface area (TPSA) is 65.1 Å². The maximum absolute atomic E-state index is 13.2. The first kappa shape index (κ1) is 25.8. The van der Waals surface area contributed by atoms with Crippen LogP contribution in [-0.4, -0.2) is 29.9 Å². The van der Waals surface area contributed by atoms with Crippen molar-refractivity contribution in [3.05, 3.63) is 93.3 Å². The third-order valence-corrected chi connectivity index (χ3v) is 6.76. The number of thiocarbonyl (C=S) groups is 1. The van der Waals surface area contributed by atoms with Crippen LogP contribution in [0.15, 0.2) is 71.6 Å². The van der Waals surface area contributed by atoms with E-state index in [2.05, 4.69) is 0 Å². The summed E-state index contributed by atoms with van der Waals surface area (Å²) in [4.78, 5) is 27.2. The first-order valence-electron chi connectivity index (χ1n) is 11.0. The summed E-state index contributed by atoms with van der Waals surface area (Å²) < 4.78 is 16.9. The molecule has 3 aromatic carbocycles. The van der Waals surface area contributed by atoms with Crippen molar-refractivity contribution in [1.82, 2.24) is 0 Å². The van der Waals surface area contributed by atoms with Crippen molar-refractivity contribution in [3.8, 4) is 11.5 Å². The van der Waals surface area contributed by atoms with Crippen LogP contribution in [0.4, 0.5) is 5.69 Å². The number of nitrogens with zero attached hydrogens (tertiary/aromatic N) is 1. The number of anilines is 1. The summed E-state index contributed by atoms with van der Waals surface area (Å²) in [6, 6.07) is 19.5. The number of esters is 1. The van der Waals surface area contributed by atoms with E-state index in [4.69, 9.17) is 38.0 Å². The predicted molar refractivity (Wildman–Crippen MR) is 147 cm³/mol. The van der Waals surface area contributed by atoms with Gasteiger partial charge in [0, 0.05) is 5.02 Å². The second kappa shape index (κ2) is 11.6. The van der Waals surface area contributed by atoms with Crippen LogP contribution in [0.5, 0.6) is 11.5 Å². The SMILES string of the molecule is CCOC(=O)c1cccc(N2C(=O)/C(=C/c3ccc(OCc4ccc(Cl)cc4)c(OC)c3)SC2=S)c1.